The van der Waals surface area contributed by atoms with Crippen molar-refractivity contribution in [2.45, 2.75) is 19.9 Å². The van der Waals surface area contributed by atoms with Gasteiger partial charge in [-0.2, -0.15) is 0 Å². The number of nitrogens with zero attached hydrogens (tertiary/aromatic N) is 2. The SMILES string of the molecule is COC[C@@H](C)N/C=C(\C)C(=N)N(C)CCN(C)S(C)(=O)=O. The first kappa shape index (κ1) is 19.9. The van der Waals surface area contributed by atoms with E-state index in [1.165, 1.54) is 17.6 Å². The van der Waals surface area contributed by atoms with Crippen molar-refractivity contribution in [1.82, 2.24) is 14.5 Å². The van der Waals surface area contributed by atoms with Crippen LogP contribution in [0.5, 0.6) is 0 Å². The Hall–Kier alpha value is -1.12. The lowest BCUT2D eigenvalue weighted by Gasteiger charge is -2.23. The fourth-order valence-electron chi connectivity index (χ4n) is 1.50. The minimum atomic E-state index is -3.18. The molecule has 2 N–H and O–H groups in total. The van der Waals surface area contributed by atoms with Crippen molar-refractivity contribution in [3.05, 3.63) is 11.8 Å². The van der Waals surface area contributed by atoms with Crippen molar-refractivity contribution < 1.29 is 13.2 Å². The quantitative estimate of drug-likeness (QED) is 0.472. The van der Waals surface area contributed by atoms with Gasteiger partial charge in [-0.25, -0.2) is 12.7 Å². The monoisotopic (exact) mass is 320 g/mol. The maximum atomic E-state index is 11.3. The largest absolute Gasteiger partial charge is 0.386 e. The molecular formula is C13H28N4O3S. The van der Waals surface area contributed by atoms with Gasteiger partial charge in [0.1, 0.15) is 5.84 Å². The molecule has 8 heteroatoms. The first-order valence-corrected chi connectivity index (χ1v) is 8.57. The van der Waals surface area contributed by atoms with Gasteiger partial charge in [0.25, 0.3) is 0 Å². The van der Waals surface area contributed by atoms with Crippen LogP contribution in [0.2, 0.25) is 0 Å². The summed E-state index contributed by atoms with van der Waals surface area (Å²) in [5, 5.41) is 11.2. The lowest BCUT2D eigenvalue weighted by atomic mass is 10.2. The summed E-state index contributed by atoms with van der Waals surface area (Å²) in [5.41, 5.74) is 0.780. The van der Waals surface area contributed by atoms with Crippen LogP contribution in [0.4, 0.5) is 0 Å². The molecule has 0 bridgehead atoms. The fraction of sp³-hybridized carbons (Fsp3) is 0.769. The Morgan fingerprint density at radius 3 is 2.43 bits per heavy atom. The molecule has 0 aliphatic rings. The molecule has 0 spiro atoms. The highest BCUT2D eigenvalue weighted by atomic mass is 32.2. The standard InChI is InChI=1S/C13H28N4O3S/c1-11(9-15-12(2)10-20-5)13(14)16(3)7-8-17(4)21(6,18)19/h9,12,14-15H,7-8,10H2,1-6H3/b11-9+,14-13?/t12-/m1/s1. The Labute approximate surface area is 128 Å². The van der Waals surface area contributed by atoms with E-state index in [2.05, 4.69) is 5.32 Å². The topological polar surface area (TPSA) is 85.7 Å². The Kier molecular flexibility index (Phi) is 8.53. The molecule has 0 aromatic heterocycles. The number of amidine groups is 1. The first-order valence-electron chi connectivity index (χ1n) is 6.72. The van der Waals surface area contributed by atoms with Gasteiger partial charge in [-0.3, -0.25) is 5.41 Å². The molecule has 0 saturated carbocycles. The number of likely N-dealkylation sites (N-methyl/N-ethyl adjacent to an activating group) is 2. The highest BCUT2D eigenvalue weighted by Crippen LogP contribution is 2.01. The van der Waals surface area contributed by atoms with Gasteiger partial charge in [0, 0.05) is 52.1 Å². The first-order chi connectivity index (χ1) is 9.59. The van der Waals surface area contributed by atoms with Crippen LogP contribution in [0.3, 0.4) is 0 Å². The molecule has 7 nitrogen and oxygen atoms in total. The van der Waals surface area contributed by atoms with E-state index in [0.717, 1.165) is 5.57 Å². The zero-order valence-corrected chi connectivity index (χ0v) is 14.6. The van der Waals surface area contributed by atoms with E-state index in [9.17, 15) is 8.42 Å². The molecule has 0 rings (SSSR count). The van der Waals surface area contributed by atoms with Gasteiger partial charge < -0.3 is 15.0 Å². The van der Waals surface area contributed by atoms with Crippen LogP contribution in [-0.2, 0) is 14.8 Å². The number of ether oxygens (including phenoxy) is 1. The number of nitrogens with one attached hydrogen (secondary N) is 2. The number of sulfonamides is 1. The minimum absolute atomic E-state index is 0.166. The van der Waals surface area contributed by atoms with Crippen molar-refractivity contribution in [2.24, 2.45) is 0 Å². The van der Waals surface area contributed by atoms with Crippen molar-refractivity contribution >= 4 is 15.9 Å². The van der Waals surface area contributed by atoms with Crippen molar-refractivity contribution in [3.8, 4) is 0 Å². The molecule has 1 atom stereocenters. The molecule has 0 amide bonds. The summed E-state index contributed by atoms with van der Waals surface area (Å²) in [5.74, 6) is 0.356. The molecule has 0 radical (unpaired) electrons. The summed E-state index contributed by atoms with van der Waals surface area (Å²) >= 11 is 0. The number of rotatable bonds is 9. The number of hydrogen-bond acceptors (Lipinski definition) is 5. The van der Waals surface area contributed by atoms with Gasteiger partial charge in [0.15, 0.2) is 0 Å². The molecule has 0 aliphatic heterocycles. The van der Waals surface area contributed by atoms with E-state index < -0.39 is 10.0 Å². The normalized spacial score (nSPS) is 14.1. The third-order valence-corrected chi connectivity index (χ3v) is 4.39. The molecule has 124 valence electrons. The van der Waals surface area contributed by atoms with Gasteiger partial charge in [-0.1, -0.05) is 0 Å². The van der Waals surface area contributed by atoms with Crippen LogP contribution in [0.15, 0.2) is 11.8 Å². The number of methoxy groups -OCH3 is 1. The minimum Gasteiger partial charge on any atom is -0.386 e. The average molecular weight is 320 g/mol. The third kappa shape index (κ3) is 8.03. The molecule has 0 aromatic carbocycles. The fourth-order valence-corrected chi connectivity index (χ4v) is 1.92. The van der Waals surface area contributed by atoms with E-state index in [0.29, 0.717) is 25.5 Å². The summed E-state index contributed by atoms with van der Waals surface area (Å²) < 4.78 is 28.9. The van der Waals surface area contributed by atoms with Gasteiger partial charge in [-0.05, 0) is 13.8 Å². The smallest absolute Gasteiger partial charge is 0.211 e. The summed E-state index contributed by atoms with van der Waals surface area (Å²) in [6.07, 6.45) is 2.95. The van der Waals surface area contributed by atoms with Crippen LogP contribution in [0.1, 0.15) is 13.8 Å². The van der Waals surface area contributed by atoms with Crippen molar-refractivity contribution in [3.63, 3.8) is 0 Å². The Balaban J connectivity index is 4.40. The Bertz CT molecular complexity index is 462. The lowest BCUT2D eigenvalue weighted by molar-refractivity contribution is 0.177. The van der Waals surface area contributed by atoms with E-state index in [4.69, 9.17) is 10.1 Å². The zero-order chi connectivity index (χ0) is 16.6. The van der Waals surface area contributed by atoms with Crippen LogP contribution < -0.4 is 5.32 Å². The molecular weight excluding hydrogens is 292 g/mol. The van der Waals surface area contributed by atoms with Crippen LogP contribution >= 0.6 is 0 Å². The Morgan fingerprint density at radius 2 is 1.95 bits per heavy atom. The molecule has 0 fully saturated rings. The van der Waals surface area contributed by atoms with Crippen LogP contribution in [-0.4, -0.2) is 76.7 Å². The van der Waals surface area contributed by atoms with Crippen molar-refractivity contribution in [2.75, 3.05) is 47.2 Å². The zero-order valence-electron chi connectivity index (χ0n) is 13.8. The van der Waals surface area contributed by atoms with Gasteiger partial charge >= 0.3 is 0 Å². The predicted octanol–water partition coefficient (Wildman–Crippen LogP) is 0.315. The molecule has 0 aromatic rings. The summed E-state index contributed by atoms with van der Waals surface area (Å²) in [6, 6.07) is 0.166. The van der Waals surface area contributed by atoms with Crippen LogP contribution in [0, 0.1) is 5.41 Å². The Morgan fingerprint density at radius 1 is 1.38 bits per heavy atom. The lowest BCUT2D eigenvalue weighted by Crippen LogP contribution is -2.37. The second kappa shape index (κ2) is 9.01. The molecule has 0 heterocycles. The molecule has 0 unspecified atom stereocenters. The summed E-state index contributed by atoms with van der Waals surface area (Å²) in [4.78, 5) is 1.72. The van der Waals surface area contributed by atoms with Crippen molar-refractivity contribution in [1.29, 1.82) is 5.41 Å². The van der Waals surface area contributed by atoms with Gasteiger partial charge in [0.2, 0.25) is 10.0 Å². The third-order valence-electron chi connectivity index (χ3n) is 3.07. The van der Waals surface area contributed by atoms with Gasteiger partial charge in [0.05, 0.1) is 12.9 Å². The highest BCUT2D eigenvalue weighted by Gasteiger charge is 2.13. The molecule has 0 aliphatic carbocycles. The van der Waals surface area contributed by atoms with Crippen LogP contribution in [0.25, 0.3) is 0 Å². The highest BCUT2D eigenvalue weighted by molar-refractivity contribution is 7.88. The second-order valence-electron chi connectivity index (χ2n) is 5.21. The predicted molar refractivity (Wildman–Crippen MR) is 86.1 cm³/mol. The number of hydrogen-bond donors (Lipinski definition) is 2. The second-order valence-corrected chi connectivity index (χ2v) is 7.29. The molecule has 21 heavy (non-hydrogen) atoms. The molecule has 0 saturated heterocycles. The van der Waals surface area contributed by atoms with E-state index in [1.54, 1.807) is 25.3 Å². The summed E-state index contributed by atoms with van der Waals surface area (Å²) in [6.45, 7) is 5.22. The maximum Gasteiger partial charge on any atom is 0.211 e. The van der Waals surface area contributed by atoms with Gasteiger partial charge in [-0.15, -0.1) is 0 Å². The maximum absolute atomic E-state index is 11.3. The summed E-state index contributed by atoms with van der Waals surface area (Å²) in [7, 11) is 1.77. The average Bonchev–Trinajstić information content (AvgIpc) is 2.40. The van der Waals surface area contributed by atoms with E-state index in [1.807, 2.05) is 13.8 Å². The van der Waals surface area contributed by atoms with E-state index >= 15 is 0 Å². The van der Waals surface area contributed by atoms with E-state index in [-0.39, 0.29) is 6.04 Å².